The maximum atomic E-state index is 13.9. The van der Waals surface area contributed by atoms with Crippen molar-refractivity contribution in [1.82, 2.24) is 4.31 Å². The number of halogens is 2. The lowest BCUT2D eigenvalue weighted by Gasteiger charge is -2.36. The van der Waals surface area contributed by atoms with Gasteiger partial charge in [-0.15, -0.1) is 0 Å². The molecular formula is C25H24Br2N2O3S. The van der Waals surface area contributed by atoms with Crippen molar-refractivity contribution in [3.05, 3.63) is 92.4 Å². The van der Waals surface area contributed by atoms with E-state index < -0.39 is 21.8 Å². The van der Waals surface area contributed by atoms with Crippen LogP contribution in [0.2, 0.25) is 0 Å². The molecule has 5 rings (SSSR count). The molecule has 0 amide bonds. The maximum Gasteiger partial charge on any atom is 0.244 e. The first kappa shape index (κ1) is 23.1. The van der Waals surface area contributed by atoms with Crippen LogP contribution in [0.4, 0.5) is 5.69 Å². The number of benzene rings is 3. The zero-order valence-electron chi connectivity index (χ0n) is 18.3. The number of nitrogens with one attached hydrogen (secondary N) is 1. The van der Waals surface area contributed by atoms with E-state index in [4.69, 9.17) is 4.74 Å². The van der Waals surface area contributed by atoms with Crippen molar-refractivity contribution >= 4 is 47.6 Å². The molecule has 2 heterocycles. The van der Waals surface area contributed by atoms with E-state index in [0.29, 0.717) is 13.2 Å². The Morgan fingerprint density at radius 2 is 1.79 bits per heavy atom. The van der Waals surface area contributed by atoms with Gasteiger partial charge in [-0.2, -0.15) is 4.31 Å². The summed E-state index contributed by atoms with van der Waals surface area (Å²) in [7, 11) is -3.78. The SMILES string of the molecule is CCO[C@]12c3cc(Br)cc(Br)c3N[C@H]1N(S(=O)(=O)c1ccc(C)cc1)C[C@H]2c1ccccc1. The van der Waals surface area contributed by atoms with Gasteiger partial charge >= 0.3 is 0 Å². The second kappa shape index (κ2) is 8.50. The van der Waals surface area contributed by atoms with Crippen LogP contribution in [0.15, 0.2) is 80.6 Å². The standard InChI is InChI=1S/C25H24Br2N2O3S/c1-3-32-25-20-13-18(26)14-22(27)23(20)28-24(25)29(15-21(25)17-7-5-4-6-8-17)33(30,31)19-11-9-16(2)10-12-19/h4-14,21,24,28H,3,15H2,1-2H3/t21-,24-,25-/m0/s1. The van der Waals surface area contributed by atoms with Gasteiger partial charge in [0.05, 0.1) is 10.6 Å². The molecule has 0 saturated carbocycles. The molecule has 1 fully saturated rings. The smallest absolute Gasteiger partial charge is 0.244 e. The van der Waals surface area contributed by atoms with Gasteiger partial charge in [0.2, 0.25) is 10.0 Å². The third-order valence-corrected chi connectivity index (χ3v) is 9.47. The number of nitrogens with zero attached hydrogens (tertiary/aromatic N) is 1. The third kappa shape index (κ3) is 3.58. The monoisotopic (exact) mass is 590 g/mol. The van der Waals surface area contributed by atoms with Gasteiger partial charge in [-0.1, -0.05) is 64.0 Å². The summed E-state index contributed by atoms with van der Waals surface area (Å²) in [5.74, 6) is -0.196. The molecule has 172 valence electrons. The lowest BCUT2D eigenvalue weighted by atomic mass is 9.79. The van der Waals surface area contributed by atoms with Crippen LogP contribution in [-0.2, 0) is 20.4 Å². The molecule has 3 atom stereocenters. The molecule has 5 nitrogen and oxygen atoms in total. The number of hydrogen-bond donors (Lipinski definition) is 1. The van der Waals surface area contributed by atoms with Gasteiger partial charge in [0.1, 0.15) is 11.8 Å². The molecule has 0 unspecified atom stereocenters. The summed E-state index contributed by atoms with van der Waals surface area (Å²) in [6.45, 7) is 4.66. The number of ether oxygens (including phenoxy) is 1. The molecule has 0 radical (unpaired) electrons. The highest BCUT2D eigenvalue weighted by Crippen LogP contribution is 2.59. The van der Waals surface area contributed by atoms with Gasteiger partial charge in [0, 0.05) is 33.6 Å². The average molecular weight is 592 g/mol. The normalized spacial score (nSPS) is 24.4. The Balaban J connectivity index is 1.73. The highest BCUT2D eigenvalue weighted by Gasteiger charge is 2.64. The van der Waals surface area contributed by atoms with E-state index in [1.165, 1.54) is 0 Å². The minimum absolute atomic E-state index is 0.196. The fourth-order valence-corrected chi connectivity index (χ4v) is 8.04. The first-order chi connectivity index (χ1) is 15.8. The lowest BCUT2D eigenvalue weighted by Crippen LogP contribution is -2.48. The number of sulfonamides is 1. The number of fused-ring (bicyclic) bond motifs is 3. The average Bonchev–Trinajstić information content (AvgIpc) is 3.28. The van der Waals surface area contributed by atoms with Gasteiger partial charge in [-0.3, -0.25) is 0 Å². The van der Waals surface area contributed by atoms with Gasteiger partial charge in [-0.05, 0) is 59.6 Å². The van der Waals surface area contributed by atoms with Gasteiger partial charge in [0.15, 0.2) is 0 Å². The fourth-order valence-electron chi connectivity index (χ4n) is 5.12. The molecule has 33 heavy (non-hydrogen) atoms. The minimum Gasteiger partial charge on any atom is -0.366 e. The van der Waals surface area contributed by atoms with Crippen LogP contribution < -0.4 is 5.32 Å². The van der Waals surface area contributed by atoms with Crippen LogP contribution in [0.1, 0.15) is 29.5 Å². The molecule has 1 N–H and O–H groups in total. The Kier molecular flexibility index (Phi) is 5.94. The Morgan fingerprint density at radius 1 is 1.09 bits per heavy atom. The van der Waals surface area contributed by atoms with Crippen LogP contribution in [0.25, 0.3) is 0 Å². The Labute approximate surface area is 211 Å². The van der Waals surface area contributed by atoms with E-state index in [0.717, 1.165) is 31.3 Å². The number of hydrogen-bond acceptors (Lipinski definition) is 4. The molecule has 1 saturated heterocycles. The van der Waals surface area contributed by atoms with Gasteiger partial charge in [0.25, 0.3) is 0 Å². The van der Waals surface area contributed by atoms with Crippen molar-refractivity contribution in [2.75, 3.05) is 18.5 Å². The Morgan fingerprint density at radius 3 is 2.45 bits per heavy atom. The van der Waals surface area contributed by atoms with Crippen molar-refractivity contribution in [3.63, 3.8) is 0 Å². The Hall–Kier alpha value is -1.71. The van der Waals surface area contributed by atoms with Crippen LogP contribution in [0, 0.1) is 6.92 Å². The summed E-state index contributed by atoms with van der Waals surface area (Å²) in [6, 6.07) is 21.1. The summed E-state index contributed by atoms with van der Waals surface area (Å²) < 4.78 is 37.8. The minimum atomic E-state index is -3.78. The van der Waals surface area contributed by atoms with Crippen molar-refractivity contribution in [1.29, 1.82) is 0 Å². The van der Waals surface area contributed by atoms with Crippen molar-refractivity contribution < 1.29 is 13.2 Å². The highest BCUT2D eigenvalue weighted by atomic mass is 79.9. The summed E-state index contributed by atoms with van der Waals surface area (Å²) in [6.07, 6.45) is -0.588. The number of anilines is 1. The zero-order valence-corrected chi connectivity index (χ0v) is 22.2. The summed E-state index contributed by atoms with van der Waals surface area (Å²) in [4.78, 5) is 0.283. The van der Waals surface area contributed by atoms with E-state index in [-0.39, 0.29) is 10.8 Å². The van der Waals surface area contributed by atoms with E-state index in [1.54, 1.807) is 16.4 Å². The quantitative estimate of drug-likeness (QED) is 0.396. The summed E-state index contributed by atoms with van der Waals surface area (Å²) in [5.41, 5.74) is 2.99. The summed E-state index contributed by atoms with van der Waals surface area (Å²) >= 11 is 7.28. The van der Waals surface area contributed by atoms with Crippen molar-refractivity contribution in [3.8, 4) is 0 Å². The van der Waals surface area contributed by atoms with Crippen molar-refractivity contribution in [2.45, 2.75) is 36.4 Å². The molecule has 8 heteroatoms. The second-order valence-electron chi connectivity index (χ2n) is 8.43. The van der Waals surface area contributed by atoms with Crippen LogP contribution in [0.5, 0.6) is 0 Å². The zero-order chi connectivity index (χ0) is 23.4. The first-order valence-corrected chi connectivity index (χ1v) is 13.8. The third-order valence-electron chi connectivity index (χ3n) is 6.54. The fraction of sp³-hybridized carbons (Fsp3) is 0.280. The number of aryl methyl sites for hydroxylation is 1. The molecule has 3 aromatic rings. The largest absolute Gasteiger partial charge is 0.366 e. The molecule has 2 aliphatic heterocycles. The predicted molar refractivity (Wildman–Crippen MR) is 137 cm³/mol. The van der Waals surface area contributed by atoms with Crippen LogP contribution in [0.3, 0.4) is 0 Å². The highest BCUT2D eigenvalue weighted by molar-refractivity contribution is 9.11. The van der Waals surface area contributed by atoms with Crippen molar-refractivity contribution in [2.24, 2.45) is 0 Å². The molecule has 0 aliphatic carbocycles. The molecular weight excluding hydrogens is 568 g/mol. The number of rotatable bonds is 5. The predicted octanol–water partition coefficient (Wildman–Crippen LogP) is 5.99. The van der Waals surface area contributed by atoms with E-state index in [2.05, 4.69) is 49.3 Å². The van der Waals surface area contributed by atoms with Crippen LogP contribution in [-0.4, -0.2) is 32.0 Å². The first-order valence-electron chi connectivity index (χ1n) is 10.8. The van der Waals surface area contributed by atoms with E-state index in [1.807, 2.05) is 56.3 Å². The van der Waals surface area contributed by atoms with E-state index in [9.17, 15) is 8.42 Å². The molecule has 3 aromatic carbocycles. The second-order valence-corrected chi connectivity index (χ2v) is 12.1. The van der Waals surface area contributed by atoms with E-state index >= 15 is 0 Å². The summed E-state index contributed by atoms with van der Waals surface area (Å²) in [5, 5.41) is 3.51. The maximum absolute atomic E-state index is 13.9. The van der Waals surface area contributed by atoms with Gasteiger partial charge in [-0.25, -0.2) is 8.42 Å². The molecule has 0 aromatic heterocycles. The van der Waals surface area contributed by atoms with Gasteiger partial charge < -0.3 is 10.1 Å². The molecule has 0 spiro atoms. The lowest BCUT2D eigenvalue weighted by molar-refractivity contribution is -0.0587. The van der Waals surface area contributed by atoms with Crippen LogP contribution >= 0.6 is 31.9 Å². The topological polar surface area (TPSA) is 58.6 Å². The molecule has 0 bridgehead atoms. The molecule has 2 aliphatic rings. The Bertz CT molecular complexity index is 1300.